The van der Waals surface area contributed by atoms with Gasteiger partial charge in [0, 0.05) is 29.5 Å². The van der Waals surface area contributed by atoms with Gasteiger partial charge in [-0.25, -0.2) is 4.79 Å². The third-order valence-electron chi connectivity index (χ3n) is 5.84. The van der Waals surface area contributed by atoms with Crippen LogP contribution < -0.4 is 20.9 Å². The van der Waals surface area contributed by atoms with Crippen LogP contribution in [0, 0.1) is 0 Å². The fourth-order valence-corrected chi connectivity index (χ4v) is 4.09. The van der Waals surface area contributed by atoms with Crippen LogP contribution in [0.1, 0.15) is 31.9 Å². The largest absolute Gasteiger partial charge is 0.465 e. The van der Waals surface area contributed by atoms with Crippen LogP contribution in [0.15, 0.2) is 89.9 Å². The van der Waals surface area contributed by atoms with Crippen LogP contribution in [0.25, 0.3) is 0 Å². The third-order valence-corrected chi connectivity index (χ3v) is 5.84. The molecule has 3 aromatic carbocycles. The van der Waals surface area contributed by atoms with Crippen molar-refractivity contribution in [3.05, 3.63) is 96.1 Å². The number of amides is 3. The molecule has 3 amide bonds. The van der Waals surface area contributed by atoms with Crippen LogP contribution in [0.3, 0.4) is 0 Å². The van der Waals surface area contributed by atoms with Crippen molar-refractivity contribution >= 4 is 35.0 Å². The number of hydrogen-bond donors (Lipinski definition) is 3. The maximum absolute atomic E-state index is 13.2. The van der Waals surface area contributed by atoms with Gasteiger partial charge < -0.3 is 21.1 Å². The van der Waals surface area contributed by atoms with Crippen molar-refractivity contribution in [1.29, 1.82) is 0 Å². The monoisotopic (exact) mass is 515 g/mol. The Balaban J connectivity index is 0.000000304. The maximum atomic E-state index is 13.2. The van der Waals surface area contributed by atoms with Crippen LogP contribution in [0.4, 0.5) is 16.2 Å². The molecule has 1 heterocycles. The Morgan fingerprint density at radius 3 is 2.18 bits per heavy atom. The molecule has 0 aromatic heterocycles. The highest BCUT2D eigenvalue weighted by molar-refractivity contribution is 6.14. The maximum Gasteiger partial charge on any atom is 0.404 e. The highest BCUT2D eigenvalue weighted by Gasteiger charge is 2.31. The average molecular weight is 516 g/mol. The second kappa shape index (κ2) is 13.2. The number of nitrogens with two attached hydrogens (primary N) is 1. The molecule has 198 valence electrons. The molecule has 1 aliphatic heterocycles. The van der Waals surface area contributed by atoms with Gasteiger partial charge in [0.05, 0.1) is 5.69 Å². The van der Waals surface area contributed by atoms with Gasteiger partial charge in [-0.15, -0.1) is 0 Å². The van der Waals surface area contributed by atoms with Gasteiger partial charge in [0.2, 0.25) is 5.91 Å². The van der Waals surface area contributed by atoms with E-state index in [1.807, 2.05) is 106 Å². The second-order valence-corrected chi connectivity index (χ2v) is 8.94. The zero-order chi connectivity index (χ0) is 27.7. The molecule has 0 spiro atoms. The number of nitrogens with one attached hydrogen (secondary N) is 1. The van der Waals surface area contributed by atoms with Crippen LogP contribution in [-0.2, 0) is 16.1 Å². The van der Waals surface area contributed by atoms with Gasteiger partial charge >= 0.3 is 6.09 Å². The average Bonchev–Trinajstić information content (AvgIpc) is 2.99. The zero-order valence-corrected chi connectivity index (χ0v) is 21.7. The van der Waals surface area contributed by atoms with Crippen molar-refractivity contribution < 1.29 is 19.5 Å². The van der Waals surface area contributed by atoms with Crippen molar-refractivity contribution in [2.45, 2.75) is 39.5 Å². The molecule has 0 saturated carbocycles. The van der Waals surface area contributed by atoms with Gasteiger partial charge in [0.1, 0.15) is 6.54 Å². The number of benzodiazepines with no additional fused rings is 1. The Hall–Kier alpha value is -4.50. The number of anilines is 2. The number of carboxylic acid groups (broad SMARTS) is 1. The summed E-state index contributed by atoms with van der Waals surface area (Å²) in [6, 6.07) is 26.2. The highest BCUT2D eigenvalue weighted by atomic mass is 16.4. The van der Waals surface area contributed by atoms with E-state index in [9.17, 15) is 14.4 Å². The Morgan fingerprint density at radius 1 is 1.00 bits per heavy atom. The summed E-state index contributed by atoms with van der Waals surface area (Å²) in [5, 5.41) is 10.5. The van der Waals surface area contributed by atoms with E-state index < -0.39 is 12.3 Å². The minimum atomic E-state index is -1.02. The molecular weight excluding hydrogens is 482 g/mol. The number of fused-ring (bicyclic) bond motifs is 1. The summed E-state index contributed by atoms with van der Waals surface area (Å²) >= 11 is 0. The smallest absolute Gasteiger partial charge is 0.404 e. The van der Waals surface area contributed by atoms with E-state index in [4.69, 9.17) is 10.8 Å². The lowest BCUT2D eigenvalue weighted by Gasteiger charge is -2.31. The molecule has 0 aliphatic carbocycles. The number of carbonyl (C=O) groups excluding carboxylic acids is 2. The van der Waals surface area contributed by atoms with E-state index >= 15 is 0 Å². The molecule has 9 heteroatoms. The molecule has 38 heavy (non-hydrogen) atoms. The predicted octanol–water partition coefficient (Wildman–Crippen LogP) is 4.02. The summed E-state index contributed by atoms with van der Waals surface area (Å²) in [5.74, 6) is -0.560. The molecule has 0 radical (unpaired) electrons. The van der Waals surface area contributed by atoms with Crippen molar-refractivity contribution in [1.82, 2.24) is 5.32 Å². The van der Waals surface area contributed by atoms with Crippen LogP contribution in [-0.4, -0.2) is 47.5 Å². The van der Waals surface area contributed by atoms with Crippen molar-refractivity contribution in [2.75, 3.05) is 16.3 Å². The summed E-state index contributed by atoms with van der Waals surface area (Å²) in [7, 11) is 0. The number of rotatable bonds is 6. The quantitative estimate of drug-likeness (QED) is 0.457. The fraction of sp³-hybridized carbons (Fsp3) is 0.241. The number of para-hydroxylation sites is 2. The SMILES string of the molecule is CC1=NC(N)C(=O)N(CC(=O)N(c2ccccc2)C(C)C)c2ccccc21.O=C(O)NCc1ccccc1. The van der Waals surface area contributed by atoms with E-state index in [0.29, 0.717) is 17.9 Å². The van der Waals surface area contributed by atoms with Gasteiger partial charge in [-0.05, 0) is 44.5 Å². The van der Waals surface area contributed by atoms with Gasteiger partial charge in [-0.3, -0.25) is 19.5 Å². The van der Waals surface area contributed by atoms with Crippen molar-refractivity contribution in [3.63, 3.8) is 0 Å². The molecule has 4 N–H and O–H groups in total. The number of benzene rings is 3. The Kier molecular flexibility index (Phi) is 9.72. The molecule has 1 unspecified atom stereocenters. The van der Waals surface area contributed by atoms with Gasteiger partial charge in [0.25, 0.3) is 5.91 Å². The standard InChI is InChI=1S/C21H24N4O2.C8H9NO2/c1-14(2)25(16-9-5-4-6-10-16)19(26)13-24-18-12-8-7-11-17(18)15(3)23-20(22)21(24)27;10-8(11)9-6-7-4-2-1-3-5-7/h4-12,14,20H,13,22H2,1-3H3;1-5,9H,6H2,(H,10,11). The Labute approximate surface area is 222 Å². The van der Waals surface area contributed by atoms with E-state index in [1.54, 1.807) is 4.90 Å². The first-order chi connectivity index (χ1) is 18.2. The summed E-state index contributed by atoms with van der Waals surface area (Å²) in [4.78, 5) is 43.5. The van der Waals surface area contributed by atoms with Crippen LogP contribution in [0.2, 0.25) is 0 Å². The predicted molar refractivity (Wildman–Crippen MR) is 149 cm³/mol. The topological polar surface area (TPSA) is 128 Å². The number of hydrogen-bond acceptors (Lipinski definition) is 5. The summed E-state index contributed by atoms with van der Waals surface area (Å²) < 4.78 is 0. The van der Waals surface area contributed by atoms with Gasteiger partial charge in [-0.2, -0.15) is 0 Å². The number of aliphatic imine (C=N–C) groups is 1. The molecule has 1 aliphatic rings. The van der Waals surface area contributed by atoms with E-state index in [-0.39, 0.29) is 24.4 Å². The van der Waals surface area contributed by atoms with Gasteiger partial charge in [0.15, 0.2) is 6.17 Å². The minimum Gasteiger partial charge on any atom is -0.465 e. The fourth-order valence-electron chi connectivity index (χ4n) is 4.09. The molecule has 0 bridgehead atoms. The first-order valence-electron chi connectivity index (χ1n) is 12.3. The van der Waals surface area contributed by atoms with Gasteiger partial charge in [-0.1, -0.05) is 66.7 Å². The van der Waals surface area contributed by atoms with Crippen molar-refractivity contribution in [2.24, 2.45) is 10.7 Å². The zero-order valence-electron chi connectivity index (χ0n) is 21.7. The van der Waals surface area contributed by atoms with E-state index in [2.05, 4.69) is 10.3 Å². The molecule has 0 saturated heterocycles. The second-order valence-electron chi connectivity index (χ2n) is 8.94. The normalized spacial score (nSPS) is 14.4. The molecule has 3 aromatic rings. The van der Waals surface area contributed by atoms with Crippen LogP contribution >= 0.6 is 0 Å². The minimum absolute atomic E-state index is 0.0520. The summed E-state index contributed by atoms with van der Waals surface area (Å²) in [6.07, 6.45) is -2.01. The number of nitrogens with zero attached hydrogens (tertiary/aromatic N) is 3. The Morgan fingerprint density at radius 2 is 1.58 bits per heavy atom. The van der Waals surface area contributed by atoms with E-state index in [1.165, 1.54) is 4.90 Å². The summed E-state index contributed by atoms with van der Waals surface area (Å²) in [5.41, 5.74) is 9.87. The molecule has 9 nitrogen and oxygen atoms in total. The lowest BCUT2D eigenvalue weighted by Crippen LogP contribution is -2.49. The van der Waals surface area contributed by atoms with Crippen LogP contribution in [0.5, 0.6) is 0 Å². The third kappa shape index (κ3) is 7.27. The first-order valence-corrected chi connectivity index (χ1v) is 12.3. The van der Waals surface area contributed by atoms with Crippen molar-refractivity contribution in [3.8, 4) is 0 Å². The molecule has 4 rings (SSSR count). The Bertz CT molecular complexity index is 1280. The lowest BCUT2D eigenvalue weighted by molar-refractivity contribution is -0.123. The first kappa shape index (κ1) is 28.1. The molecule has 0 fully saturated rings. The van der Waals surface area contributed by atoms with E-state index in [0.717, 1.165) is 16.8 Å². The molecule has 1 atom stereocenters. The summed E-state index contributed by atoms with van der Waals surface area (Å²) in [6.45, 7) is 5.99. The number of carbonyl (C=O) groups is 3. The lowest BCUT2D eigenvalue weighted by atomic mass is 10.1. The highest BCUT2D eigenvalue weighted by Crippen LogP contribution is 2.26. The molecular formula is C29H33N5O4.